The Bertz CT molecular complexity index is 807. The average molecular weight is 366 g/mol. The quantitative estimate of drug-likeness (QED) is 0.826. The van der Waals surface area contributed by atoms with Gasteiger partial charge in [0.25, 0.3) is 5.91 Å². The second kappa shape index (κ2) is 8.08. The molecule has 7 heteroatoms. The van der Waals surface area contributed by atoms with Crippen LogP contribution in [-0.4, -0.2) is 28.9 Å². The van der Waals surface area contributed by atoms with Gasteiger partial charge in [-0.1, -0.05) is 29.8 Å². The monoisotopic (exact) mass is 365 g/mol. The van der Waals surface area contributed by atoms with Crippen LogP contribution in [0.4, 0.5) is 5.69 Å². The topological polar surface area (TPSA) is 72.5 Å². The lowest BCUT2D eigenvalue weighted by atomic mass is 10.2. The van der Waals surface area contributed by atoms with Crippen molar-refractivity contribution in [1.29, 1.82) is 0 Å². The van der Waals surface area contributed by atoms with Gasteiger partial charge in [-0.05, 0) is 36.8 Å². The van der Waals surface area contributed by atoms with Gasteiger partial charge >= 0.3 is 5.97 Å². The van der Waals surface area contributed by atoms with Crippen molar-refractivity contribution in [3.05, 3.63) is 58.6 Å². The average Bonchev–Trinajstić information content (AvgIpc) is 2.56. The van der Waals surface area contributed by atoms with Crippen molar-refractivity contribution < 1.29 is 18.5 Å². The van der Waals surface area contributed by atoms with E-state index in [9.17, 15) is 13.8 Å². The first-order chi connectivity index (χ1) is 11.4. The van der Waals surface area contributed by atoms with Crippen LogP contribution in [0.1, 0.15) is 15.9 Å². The molecule has 2 aromatic carbocycles. The molecule has 2 rings (SSSR count). The summed E-state index contributed by atoms with van der Waals surface area (Å²) in [5.41, 5.74) is 1.47. The highest BCUT2D eigenvalue weighted by Crippen LogP contribution is 2.22. The minimum Gasteiger partial charge on any atom is -0.452 e. The van der Waals surface area contributed by atoms with Crippen LogP contribution in [0.2, 0.25) is 5.02 Å². The number of halogens is 1. The van der Waals surface area contributed by atoms with Gasteiger partial charge in [-0.3, -0.25) is 9.00 Å². The molecule has 1 amide bonds. The van der Waals surface area contributed by atoms with Crippen molar-refractivity contribution in [1.82, 2.24) is 0 Å². The Balaban J connectivity index is 2.01. The summed E-state index contributed by atoms with van der Waals surface area (Å²) >= 11 is 5.99. The number of benzene rings is 2. The number of esters is 1. The number of hydrogen-bond donors (Lipinski definition) is 1. The van der Waals surface area contributed by atoms with Gasteiger partial charge in [0.15, 0.2) is 6.61 Å². The van der Waals surface area contributed by atoms with Crippen molar-refractivity contribution in [2.75, 3.05) is 18.2 Å². The SMILES string of the molecule is Cc1c(Cl)cccc1NC(=O)COC(=O)c1ccccc1[S@@](C)=O. The second-order valence-corrected chi connectivity index (χ2v) is 6.74. The Morgan fingerprint density at radius 1 is 1.17 bits per heavy atom. The molecule has 0 aliphatic heterocycles. The van der Waals surface area contributed by atoms with E-state index in [0.29, 0.717) is 15.6 Å². The van der Waals surface area contributed by atoms with Crippen molar-refractivity contribution in [3.8, 4) is 0 Å². The maximum atomic E-state index is 12.1. The fraction of sp³-hybridized carbons (Fsp3) is 0.176. The largest absolute Gasteiger partial charge is 0.452 e. The Hall–Kier alpha value is -2.18. The molecule has 0 spiro atoms. The molecule has 1 N–H and O–H groups in total. The van der Waals surface area contributed by atoms with E-state index in [2.05, 4.69) is 5.32 Å². The first kappa shape index (κ1) is 18.2. The summed E-state index contributed by atoms with van der Waals surface area (Å²) in [7, 11) is -1.33. The molecule has 0 saturated heterocycles. The van der Waals surface area contributed by atoms with Gasteiger partial charge in [0.1, 0.15) is 0 Å². The number of ether oxygens (including phenoxy) is 1. The van der Waals surface area contributed by atoms with Crippen LogP contribution in [0.3, 0.4) is 0 Å². The summed E-state index contributed by atoms with van der Waals surface area (Å²) in [6.45, 7) is 1.33. The van der Waals surface area contributed by atoms with Crippen LogP contribution in [0, 0.1) is 6.92 Å². The van der Waals surface area contributed by atoms with Gasteiger partial charge < -0.3 is 10.1 Å². The molecule has 0 aromatic heterocycles. The Labute approximate surface area is 147 Å². The van der Waals surface area contributed by atoms with Gasteiger partial charge in [0.05, 0.1) is 21.3 Å². The molecule has 0 saturated carbocycles. The number of nitrogens with one attached hydrogen (secondary N) is 1. The van der Waals surface area contributed by atoms with Crippen LogP contribution in [0.25, 0.3) is 0 Å². The summed E-state index contributed by atoms with van der Waals surface area (Å²) < 4.78 is 16.6. The number of rotatable bonds is 5. The molecular formula is C17H16ClNO4S. The van der Waals surface area contributed by atoms with E-state index < -0.39 is 29.3 Å². The third kappa shape index (κ3) is 4.43. The first-order valence-electron chi connectivity index (χ1n) is 7.04. The molecule has 0 radical (unpaired) electrons. The second-order valence-electron chi connectivity index (χ2n) is 4.99. The van der Waals surface area contributed by atoms with E-state index in [1.165, 1.54) is 12.3 Å². The van der Waals surface area contributed by atoms with E-state index in [-0.39, 0.29) is 5.56 Å². The van der Waals surface area contributed by atoms with E-state index in [1.807, 2.05) is 0 Å². The molecule has 126 valence electrons. The van der Waals surface area contributed by atoms with Crippen LogP contribution in [-0.2, 0) is 20.3 Å². The predicted octanol–water partition coefficient (Wildman–Crippen LogP) is 3.18. The normalized spacial score (nSPS) is 11.6. The zero-order chi connectivity index (χ0) is 17.7. The third-order valence-corrected chi connectivity index (χ3v) is 4.68. The molecule has 0 aliphatic rings. The molecule has 0 heterocycles. The number of anilines is 1. The van der Waals surface area contributed by atoms with Crippen molar-refractivity contribution in [2.45, 2.75) is 11.8 Å². The van der Waals surface area contributed by atoms with Crippen LogP contribution in [0.5, 0.6) is 0 Å². The van der Waals surface area contributed by atoms with Crippen molar-refractivity contribution in [2.24, 2.45) is 0 Å². The summed E-state index contributed by atoms with van der Waals surface area (Å²) in [6, 6.07) is 11.6. The van der Waals surface area contributed by atoms with Gasteiger partial charge in [-0.15, -0.1) is 0 Å². The number of hydrogen-bond acceptors (Lipinski definition) is 4. The Kier molecular flexibility index (Phi) is 6.11. The minimum absolute atomic E-state index is 0.185. The highest BCUT2D eigenvalue weighted by molar-refractivity contribution is 7.84. The standard InChI is InChI=1S/C17H16ClNO4S/c1-11-13(18)7-5-8-14(11)19-16(20)10-23-17(21)12-6-3-4-9-15(12)24(2)22/h3-9H,10H2,1-2H3,(H,19,20)/t24-/m1/s1. The van der Waals surface area contributed by atoms with Gasteiger partial charge in [0, 0.05) is 17.0 Å². The molecule has 0 unspecified atom stereocenters. The van der Waals surface area contributed by atoms with Crippen molar-refractivity contribution in [3.63, 3.8) is 0 Å². The van der Waals surface area contributed by atoms with E-state index in [0.717, 1.165) is 5.56 Å². The van der Waals surface area contributed by atoms with Crippen LogP contribution < -0.4 is 5.32 Å². The predicted molar refractivity (Wildman–Crippen MR) is 93.9 cm³/mol. The number of amides is 1. The zero-order valence-electron chi connectivity index (χ0n) is 13.2. The molecule has 1 atom stereocenters. The minimum atomic E-state index is -1.33. The number of carbonyl (C=O) groups is 2. The summed E-state index contributed by atoms with van der Waals surface area (Å²) in [5.74, 6) is -1.18. The van der Waals surface area contributed by atoms with Gasteiger partial charge in [-0.25, -0.2) is 4.79 Å². The third-order valence-electron chi connectivity index (χ3n) is 3.29. The lowest BCUT2D eigenvalue weighted by molar-refractivity contribution is -0.119. The van der Waals surface area contributed by atoms with Gasteiger partial charge in [0.2, 0.25) is 0 Å². The highest BCUT2D eigenvalue weighted by Gasteiger charge is 2.16. The molecule has 0 aliphatic carbocycles. The van der Waals surface area contributed by atoms with E-state index in [4.69, 9.17) is 16.3 Å². The molecule has 2 aromatic rings. The van der Waals surface area contributed by atoms with E-state index in [1.54, 1.807) is 43.3 Å². The maximum absolute atomic E-state index is 12.1. The molecule has 5 nitrogen and oxygen atoms in total. The fourth-order valence-corrected chi connectivity index (χ4v) is 2.93. The lowest BCUT2D eigenvalue weighted by Gasteiger charge is -2.10. The summed E-state index contributed by atoms with van der Waals surface area (Å²) in [5, 5.41) is 3.17. The maximum Gasteiger partial charge on any atom is 0.339 e. The Morgan fingerprint density at radius 3 is 2.58 bits per heavy atom. The first-order valence-corrected chi connectivity index (χ1v) is 8.98. The molecule has 24 heavy (non-hydrogen) atoms. The fourth-order valence-electron chi connectivity index (χ4n) is 2.02. The highest BCUT2D eigenvalue weighted by atomic mass is 35.5. The lowest BCUT2D eigenvalue weighted by Crippen LogP contribution is -2.22. The summed E-state index contributed by atoms with van der Waals surface area (Å²) in [6.07, 6.45) is 1.47. The van der Waals surface area contributed by atoms with Gasteiger partial charge in [-0.2, -0.15) is 0 Å². The smallest absolute Gasteiger partial charge is 0.339 e. The molecule has 0 fully saturated rings. The van der Waals surface area contributed by atoms with Crippen LogP contribution >= 0.6 is 11.6 Å². The molecular weight excluding hydrogens is 350 g/mol. The molecule has 0 bridgehead atoms. The zero-order valence-corrected chi connectivity index (χ0v) is 14.7. The summed E-state index contributed by atoms with van der Waals surface area (Å²) in [4.78, 5) is 24.4. The van der Waals surface area contributed by atoms with Crippen LogP contribution in [0.15, 0.2) is 47.4 Å². The number of carbonyl (C=O) groups excluding carboxylic acids is 2. The van der Waals surface area contributed by atoms with E-state index >= 15 is 0 Å². The van der Waals surface area contributed by atoms with Crippen molar-refractivity contribution >= 4 is 40.0 Å². The Morgan fingerprint density at radius 2 is 1.88 bits per heavy atom.